The molecule has 104 valence electrons. The van der Waals surface area contributed by atoms with Crippen LogP contribution in [0.5, 0.6) is 0 Å². The molecule has 19 heavy (non-hydrogen) atoms. The summed E-state index contributed by atoms with van der Waals surface area (Å²) in [6.45, 7) is 6.21. The minimum Gasteiger partial charge on any atom is -0.327 e. The van der Waals surface area contributed by atoms with Crippen LogP contribution in [0.15, 0.2) is 5.38 Å². The summed E-state index contributed by atoms with van der Waals surface area (Å²) in [4.78, 5) is 4.47. The highest BCUT2D eigenvalue weighted by Gasteiger charge is 2.12. The van der Waals surface area contributed by atoms with Crippen LogP contribution in [-0.4, -0.2) is 20.8 Å². The number of hydrogen-bond acceptors (Lipinski definition) is 4. The van der Waals surface area contributed by atoms with Gasteiger partial charge in [-0.2, -0.15) is 5.10 Å². The molecule has 0 bridgehead atoms. The third kappa shape index (κ3) is 3.42. The van der Waals surface area contributed by atoms with Gasteiger partial charge in [-0.3, -0.25) is 4.68 Å². The number of aromatic nitrogens is 3. The Morgan fingerprint density at radius 3 is 2.63 bits per heavy atom. The van der Waals surface area contributed by atoms with Crippen LogP contribution in [0, 0.1) is 20.8 Å². The molecule has 4 nitrogen and oxygen atoms in total. The Bertz CT molecular complexity index is 556. The first-order chi connectivity index (χ1) is 8.97. The van der Waals surface area contributed by atoms with Crippen molar-refractivity contribution in [2.24, 2.45) is 12.8 Å². The summed E-state index contributed by atoms with van der Waals surface area (Å²) in [7, 11) is 1.99. The number of hydrogen-bond donors (Lipinski definition) is 1. The largest absolute Gasteiger partial charge is 0.327 e. The molecule has 0 saturated heterocycles. The van der Waals surface area contributed by atoms with Crippen LogP contribution in [-0.2, 0) is 19.9 Å². The summed E-state index contributed by atoms with van der Waals surface area (Å²) in [5.41, 5.74) is 11.0. The topological polar surface area (TPSA) is 56.7 Å². The maximum atomic E-state index is 6.21. The molecule has 0 aliphatic rings. The van der Waals surface area contributed by atoms with Crippen LogP contribution in [0.2, 0.25) is 0 Å². The van der Waals surface area contributed by atoms with Gasteiger partial charge in [-0.15, -0.1) is 11.3 Å². The molecule has 0 saturated carbocycles. The van der Waals surface area contributed by atoms with Crippen LogP contribution in [0.25, 0.3) is 0 Å². The summed E-state index contributed by atoms with van der Waals surface area (Å²) in [5, 5.41) is 7.67. The molecule has 1 unspecified atom stereocenters. The fourth-order valence-corrected chi connectivity index (χ4v) is 3.20. The van der Waals surface area contributed by atoms with E-state index in [1.54, 1.807) is 11.3 Å². The van der Waals surface area contributed by atoms with Gasteiger partial charge in [0, 0.05) is 36.3 Å². The zero-order valence-corrected chi connectivity index (χ0v) is 12.9. The fourth-order valence-electron chi connectivity index (χ4n) is 2.33. The lowest BCUT2D eigenvalue weighted by Crippen LogP contribution is -2.23. The molecule has 0 aliphatic carbocycles. The van der Waals surface area contributed by atoms with Crippen LogP contribution in [0.3, 0.4) is 0 Å². The van der Waals surface area contributed by atoms with Crippen molar-refractivity contribution >= 4 is 11.3 Å². The SMILES string of the molecule is Cc1csc(CC(N)CCc2c(C)nn(C)c2C)n1. The van der Waals surface area contributed by atoms with Gasteiger partial charge in [0.1, 0.15) is 0 Å². The van der Waals surface area contributed by atoms with Crippen molar-refractivity contribution in [1.82, 2.24) is 14.8 Å². The molecule has 5 heteroatoms. The zero-order valence-electron chi connectivity index (χ0n) is 12.1. The molecule has 2 rings (SSSR count). The molecule has 0 aliphatic heterocycles. The summed E-state index contributed by atoms with van der Waals surface area (Å²) >= 11 is 1.70. The van der Waals surface area contributed by atoms with E-state index in [0.29, 0.717) is 0 Å². The highest BCUT2D eigenvalue weighted by atomic mass is 32.1. The van der Waals surface area contributed by atoms with E-state index in [2.05, 4.69) is 29.3 Å². The van der Waals surface area contributed by atoms with E-state index in [-0.39, 0.29) is 6.04 Å². The van der Waals surface area contributed by atoms with Gasteiger partial charge in [-0.05, 0) is 39.2 Å². The standard InChI is InChI=1S/C14H22N4S/c1-9-8-19-14(16-9)7-12(15)5-6-13-10(2)17-18(4)11(13)3/h8,12H,5-7,15H2,1-4H3. The predicted molar refractivity (Wildman–Crippen MR) is 79.5 cm³/mol. The average Bonchev–Trinajstić information content (AvgIpc) is 2.83. The molecule has 0 spiro atoms. The Labute approximate surface area is 118 Å². The zero-order chi connectivity index (χ0) is 14.0. The van der Waals surface area contributed by atoms with E-state index in [9.17, 15) is 0 Å². The van der Waals surface area contributed by atoms with Crippen LogP contribution < -0.4 is 5.73 Å². The number of rotatable bonds is 5. The van der Waals surface area contributed by atoms with Crippen LogP contribution in [0.1, 0.15) is 34.1 Å². The van der Waals surface area contributed by atoms with Crippen molar-refractivity contribution in [2.45, 2.75) is 46.1 Å². The molecule has 2 aromatic rings. The normalized spacial score (nSPS) is 12.9. The lowest BCUT2D eigenvalue weighted by Gasteiger charge is -2.10. The monoisotopic (exact) mass is 278 g/mol. The number of nitrogens with two attached hydrogens (primary N) is 1. The number of thiazole rings is 1. The average molecular weight is 278 g/mol. The Balaban J connectivity index is 1.91. The smallest absolute Gasteiger partial charge is 0.0943 e. The molecule has 0 aromatic carbocycles. The van der Waals surface area contributed by atoms with Crippen molar-refractivity contribution < 1.29 is 0 Å². The third-order valence-corrected chi connectivity index (χ3v) is 4.52. The first-order valence-corrected chi connectivity index (χ1v) is 7.51. The van der Waals surface area contributed by atoms with E-state index in [1.807, 2.05) is 18.7 Å². The Morgan fingerprint density at radius 1 is 1.37 bits per heavy atom. The van der Waals surface area contributed by atoms with Gasteiger partial charge in [0.25, 0.3) is 0 Å². The van der Waals surface area contributed by atoms with Crippen molar-refractivity contribution in [3.63, 3.8) is 0 Å². The Hall–Kier alpha value is -1.20. The summed E-state index contributed by atoms with van der Waals surface area (Å²) in [6, 6.07) is 0.171. The van der Waals surface area contributed by atoms with Gasteiger partial charge >= 0.3 is 0 Å². The van der Waals surface area contributed by atoms with Crippen LogP contribution >= 0.6 is 11.3 Å². The van der Waals surface area contributed by atoms with Gasteiger partial charge < -0.3 is 5.73 Å². The van der Waals surface area contributed by atoms with E-state index in [0.717, 1.165) is 35.7 Å². The second-order valence-electron chi connectivity index (χ2n) is 5.16. The summed E-state index contributed by atoms with van der Waals surface area (Å²) in [6.07, 6.45) is 2.85. The quantitative estimate of drug-likeness (QED) is 0.913. The molecular formula is C14H22N4S. The molecule has 0 fully saturated rings. The fraction of sp³-hybridized carbons (Fsp3) is 0.571. The van der Waals surface area contributed by atoms with Gasteiger partial charge in [0.15, 0.2) is 0 Å². The second-order valence-corrected chi connectivity index (χ2v) is 6.10. The minimum absolute atomic E-state index is 0.171. The lowest BCUT2D eigenvalue weighted by molar-refractivity contribution is 0.606. The molecule has 2 heterocycles. The van der Waals surface area contributed by atoms with E-state index >= 15 is 0 Å². The van der Waals surface area contributed by atoms with E-state index < -0.39 is 0 Å². The van der Waals surface area contributed by atoms with Crippen molar-refractivity contribution in [3.05, 3.63) is 33.0 Å². The first kappa shape index (κ1) is 14.2. The third-order valence-electron chi connectivity index (χ3n) is 3.53. The molecular weight excluding hydrogens is 256 g/mol. The van der Waals surface area contributed by atoms with Crippen molar-refractivity contribution in [2.75, 3.05) is 0 Å². The lowest BCUT2D eigenvalue weighted by atomic mass is 10.0. The molecule has 2 aromatic heterocycles. The highest BCUT2D eigenvalue weighted by molar-refractivity contribution is 7.09. The first-order valence-electron chi connectivity index (χ1n) is 6.63. The maximum Gasteiger partial charge on any atom is 0.0943 e. The minimum atomic E-state index is 0.171. The highest BCUT2D eigenvalue weighted by Crippen LogP contribution is 2.17. The van der Waals surface area contributed by atoms with Crippen LogP contribution in [0.4, 0.5) is 0 Å². The van der Waals surface area contributed by atoms with E-state index in [1.165, 1.54) is 11.3 Å². The second kappa shape index (κ2) is 5.84. The molecule has 0 radical (unpaired) electrons. The number of nitrogens with zero attached hydrogens (tertiary/aromatic N) is 3. The van der Waals surface area contributed by atoms with Crippen molar-refractivity contribution in [3.8, 4) is 0 Å². The predicted octanol–water partition coefficient (Wildman–Crippen LogP) is 2.30. The van der Waals surface area contributed by atoms with Gasteiger partial charge in [0.05, 0.1) is 10.7 Å². The van der Waals surface area contributed by atoms with Gasteiger partial charge in [0.2, 0.25) is 0 Å². The Kier molecular flexibility index (Phi) is 4.37. The molecule has 2 N–H and O–H groups in total. The summed E-state index contributed by atoms with van der Waals surface area (Å²) < 4.78 is 1.94. The maximum absolute atomic E-state index is 6.21. The number of aryl methyl sites for hydroxylation is 3. The van der Waals surface area contributed by atoms with Gasteiger partial charge in [-0.25, -0.2) is 4.98 Å². The van der Waals surface area contributed by atoms with Gasteiger partial charge in [-0.1, -0.05) is 0 Å². The van der Waals surface area contributed by atoms with E-state index in [4.69, 9.17) is 5.73 Å². The molecule has 1 atom stereocenters. The Morgan fingerprint density at radius 2 is 2.11 bits per heavy atom. The van der Waals surface area contributed by atoms with Crippen molar-refractivity contribution in [1.29, 1.82) is 0 Å². The summed E-state index contributed by atoms with van der Waals surface area (Å²) in [5.74, 6) is 0. The molecule has 0 amide bonds.